The Balaban J connectivity index is 1.63. The van der Waals surface area contributed by atoms with Crippen LogP contribution in [0, 0.1) is 0 Å². The zero-order valence-corrected chi connectivity index (χ0v) is 28.1. The number of phenolic OH excluding ortho intramolecular Hbond substituents is 1. The zero-order chi connectivity index (χ0) is 32.8. The molecule has 2 aliphatic heterocycles. The molecule has 1 N–H and O–H groups in total. The van der Waals surface area contributed by atoms with Gasteiger partial charge in [0.2, 0.25) is 0 Å². The van der Waals surface area contributed by atoms with Gasteiger partial charge < -0.3 is 24.4 Å². The molecule has 2 bridgehead atoms. The summed E-state index contributed by atoms with van der Waals surface area (Å²) in [5.74, 6) is -0.149. The van der Waals surface area contributed by atoms with E-state index in [2.05, 4.69) is 0 Å². The van der Waals surface area contributed by atoms with E-state index >= 15 is 0 Å². The quantitative estimate of drug-likeness (QED) is 0.363. The molecular formula is C34H41Cl2N3O6. The van der Waals surface area contributed by atoms with Crippen LogP contribution in [0.1, 0.15) is 71.9 Å². The van der Waals surface area contributed by atoms with Gasteiger partial charge in [0.25, 0.3) is 5.91 Å². The molecule has 2 unspecified atom stereocenters. The molecule has 2 atom stereocenters. The summed E-state index contributed by atoms with van der Waals surface area (Å²) in [6.45, 7) is 11.3. The van der Waals surface area contributed by atoms with Gasteiger partial charge in [-0.15, -0.1) is 0 Å². The molecule has 45 heavy (non-hydrogen) atoms. The van der Waals surface area contributed by atoms with Crippen LogP contribution < -0.4 is 0 Å². The first-order chi connectivity index (χ1) is 21.0. The SMILES string of the molecule is CC(C)(C)OC(=O)N1CC2CC(c3ccc(O)cc3)=C(C(=O)N(Cc3cccc(Cl)c3Cl)C3CC3)C(C1)N2C(=O)OC(C)(C)C. The van der Waals surface area contributed by atoms with E-state index in [4.69, 9.17) is 32.7 Å². The number of fused-ring (bicyclic) bond motifs is 2. The number of hydrogen-bond donors (Lipinski definition) is 1. The third-order valence-corrected chi connectivity index (χ3v) is 8.83. The van der Waals surface area contributed by atoms with Crippen LogP contribution in [0.2, 0.25) is 10.0 Å². The van der Waals surface area contributed by atoms with Crippen molar-refractivity contribution in [3.8, 4) is 5.75 Å². The summed E-state index contributed by atoms with van der Waals surface area (Å²) < 4.78 is 11.6. The Morgan fingerprint density at radius 3 is 2.13 bits per heavy atom. The average molecular weight is 659 g/mol. The van der Waals surface area contributed by atoms with E-state index in [1.54, 1.807) is 92.6 Å². The number of phenols is 1. The lowest BCUT2D eigenvalue weighted by molar-refractivity contribution is -0.129. The maximum Gasteiger partial charge on any atom is 0.411 e. The highest BCUT2D eigenvalue weighted by Crippen LogP contribution is 2.42. The van der Waals surface area contributed by atoms with Gasteiger partial charge in [0.15, 0.2) is 0 Å². The number of piperazine rings is 1. The molecule has 1 aliphatic carbocycles. The number of amides is 3. The molecule has 0 aromatic heterocycles. The van der Waals surface area contributed by atoms with Crippen molar-refractivity contribution >= 4 is 46.9 Å². The fourth-order valence-corrected chi connectivity index (χ4v) is 6.32. The molecule has 3 amide bonds. The molecule has 2 aromatic carbocycles. The Kier molecular flexibility index (Phi) is 9.08. The van der Waals surface area contributed by atoms with Crippen molar-refractivity contribution < 1.29 is 29.0 Å². The molecule has 5 rings (SSSR count). The summed E-state index contributed by atoms with van der Waals surface area (Å²) in [6, 6.07) is 10.8. The lowest BCUT2D eigenvalue weighted by Crippen LogP contribution is -2.66. The Labute approximate surface area is 274 Å². The molecule has 2 heterocycles. The number of carbonyl (C=O) groups is 3. The van der Waals surface area contributed by atoms with E-state index in [-0.39, 0.29) is 43.8 Å². The van der Waals surface area contributed by atoms with Crippen LogP contribution in [-0.2, 0) is 20.8 Å². The van der Waals surface area contributed by atoms with Crippen molar-refractivity contribution in [2.24, 2.45) is 0 Å². The van der Waals surface area contributed by atoms with Crippen molar-refractivity contribution in [3.05, 3.63) is 69.2 Å². The minimum Gasteiger partial charge on any atom is -0.508 e. The normalized spacial score (nSPS) is 20.2. The van der Waals surface area contributed by atoms with Crippen LogP contribution in [0.3, 0.4) is 0 Å². The van der Waals surface area contributed by atoms with Crippen LogP contribution >= 0.6 is 23.2 Å². The zero-order valence-electron chi connectivity index (χ0n) is 26.6. The van der Waals surface area contributed by atoms with Crippen LogP contribution in [0.15, 0.2) is 48.0 Å². The van der Waals surface area contributed by atoms with Crippen LogP contribution in [-0.4, -0.2) is 80.3 Å². The van der Waals surface area contributed by atoms with Gasteiger partial charge >= 0.3 is 12.2 Å². The minimum atomic E-state index is -0.813. The van der Waals surface area contributed by atoms with Gasteiger partial charge in [-0.05, 0) is 95.7 Å². The number of halogens is 2. The van der Waals surface area contributed by atoms with Crippen molar-refractivity contribution in [2.45, 2.75) is 96.7 Å². The van der Waals surface area contributed by atoms with Crippen LogP contribution in [0.25, 0.3) is 5.57 Å². The van der Waals surface area contributed by atoms with Gasteiger partial charge in [-0.1, -0.05) is 47.5 Å². The van der Waals surface area contributed by atoms with E-state index in [1.807, 2.05) is 6.07 Å². The lowest BCUT2D eigenvalue weighted by atomic mass is 9.81. The molecule has 3 aliphatic rings. The first-order valence-corrected chi connectivity index (χ1v) is 16.0. The molecule has 9 nitrogen and oxygen atoms in total. The molecule has 1 saturated heterocycles. The molecule has 1 saturated carbocycles. The lowest BCUT2D eigenvalue weighted by Gasteiger charge is -2.51. The number of rotatable bonds is 5. The topological polar surface area (TPSA) is 99.6 Å². The standard InChI is InChI=1S/C34H41Cl2N3O6/c1-33(2,3)44-31(42)37-18-23-16-25(20-10-14-24(40)15-11-20)28(27(19-37)39(23)32(43)45-34(4,5)6)30(41)38(22-12-13-22)17-21-8-7-9-26(35)29(21)36/h7-11,14-15,22-23,27,40H,12-13,16-19H2,1-6H3. The van der Waals surface area contributed by atoms with Gasteiger partial charge in [-0.2, -0.15) is 0 Å². The van der Waals surface area contributed by atoms with Crippen molar-refractivity contribution in [3.63, 3.8) is 0 Å². The summed E-state index contributed by atoms with van der Waals surface area (Å²) in [5, 5.41) is 10.8. The van der Waals surface area contributed by atoms with Gasteiger partial charge in [0.1, 0.15) is 17.0 Å². The maximum atomic E-state index is 14.9. The van der Waals surface area contributed by atoms with Gasteiger partial charge in [0, 0.05) is 31.2 Å². The second-order valence-electron chi connectivity index (χ2n) is 14.0. The number of ether oxygens (including phenoxy) is 2. The number of benzene rings is 2. The van der Waals surface area contributed by atoms with Gasteiger partial charge in [0.05, 0.1) is 22.1 Å². The van der Waals surface area contributed by atoms with E-state index < -0.39 is 35.5 Å². The molecule has 242 valence electrons. The average Bonchev–Trinajstić information content (AvgIpc) is 3.76. The maximum absolute atomic E-state index is 14.9. The molecular weight excluding hydrogens is 617 g/mol. The number of hydrogen-bond acceptors (Lipinski definition) is 6. The molecule has 0 radical (unpaired) electrons. The van der Waals surface area contributed by atoms with Crippen molar-refractivity contribution in [2.75, 3.05) is 13.1 Å². The van der Waals surface area contributed by atoms with Crippen molar-refractivity contribution in [1.29, 1.82) is 0 Å². The Morgan fingerprint density at radius 1 is 0.911 bits per heavy atom. The van der Waals surface area contributed by atoms with E-state index in [0.29, 0.717) is 21.2 Å². The van der Waals surface area contributed by atoms with Crippen molar-refractivity contribution in [1.82, 2.24) is 14.7 Å². The number of nitrogens with zero attached hydrogens (tertiary/aromatic N) is 3. The summed E-state index contributed by atoms with van der Waals surface area (Å²) in [7, 11) is 0. The first-order valence-electron chi connectivity index (χ1n) is 15.3. The summed E-state index contributed by atoms with van der Waals surface area (Å²) in [5.41, 5.74) is 1.15. The second-order valence-corrected chi connectivity index (χ2v) is 14.7. The highest BCUT2D eigenvalue weighted by atomic mass is 35.5. The van der Waals surface area contributed by atoms with E-state index in [0.717, 1.165) is 24.0 Å². The Hall–Kier alpha value is -3.43. The van der Waals surface area contributed by atoms with E-state index in [9.17, 15) is 19.5 Å². The first kappa shape index (κ1) is 32.9. The Morgan fingerprint density at radius 2 is 1.53 bits per heavy atom. The van der Waals surface area contributed by atoms with Gasteiger partial charge in [-0.25, -0.2) is 9.59 Å². The predicted molar refractivity (Wildman–Crippen MR) is 173 cm³/mol. The number of aromatic hydroxyl groups is 1. The highest BCUT2D eigenvalue weighted by Gasteiger charge is 2.50. The second kappa shape index (κ2) is 12.4. The summed E-state index contributed by atoms with van der Waals surface area (Å²) in [4.78, 5) is 47.1. The fourth-order valence-electron chi connectivity index (χ4n) is 5.94. The Bertz CT molecular complexity index is 1510. The van der Waals surface area contributed by atoms with Gasteiger partial charge in [-0.3, -0.25) is 9.69 Å². The summed E-state index contributed by atoms with van der Waals surface area (Å²) >= 11 is 12.9. The predicted octanol–water partition coefficient (Wildman–Crippen LogP) is 7.27. The molecule has 0 spiro atoms. The van der Waals surface area contributed by atoms with Crippen LogP contribution in [0.4, 0.5) is 9.59 Å². The van der Waals surface area contributed by atoms with Crippen LogP contribution in [0.5, 0.6) is 5.75 Å². The highest BCUT2D eigenvalue weighted by molar-refractivity contribution is 6.42. The third kappa shape index (κ3) is 7.52. The smallest absolute Gasteiger partial charge is 0.411 e. The molecule has 2 fully saturated rings. The number of carbonyl (C=O) groups excluding carboxylic acids is 3. The minimum absolute atomic E-state index is 0.0145. The van der Waals surface area contributed by atoms with E-state index in [1.165, 1.54) is 0 Å². The largest absolute Gasteiger partial charge is 0.508 e. The molecule has 11 heteroatoms. The molecule has 2 aromatic rings. The monoisotopic (exact) mass is 657 g/mol. The fraction of sp³-hybridized carbons (Fsp3) is 0.500. The third-order valence-electron chi connectivity index (χ3n) is 7.97. The summed E-state index contributed by atoms with van der Waals surface area (Å²) in [6.07, 6.45) is 0.896.